The van der Waals surface area contributed by atoms with Crippen molar-refractivity contribution < 1.29 is 0 Å². The first kappa shape index (κ1) is 11.6. The van der Waals surface area contributed by atoms with Crippen molar-refractivity contribution in [2.75, 3.05) is 26.2 Å². The molecule has 0 aromatic heterocycles. The highest BCUT2D eigenvalue weighted by molar-refractivity contribution is 4.87. The molecule has 14 heavy (non-hydrogen) atoms. The minimum absolute atomic E-state index is 0.625. The van der Waals surface area contributed by atoms with Crippen LogP contribution in [0.2, 0.25) is 0 Å². The molecule has 0 bridgehead atoms. The summed E-state index contributed by atoms with van der Waals surface area (Å²) in [4.78, 5) is 2.57. The summed E-state index contributed by atoms with van der Waals surface area (Å²) in [6.45, 7) is 8.81. The molecule has 1 saturated heterocycles. The number of hydrogen-bond donors (Lipinski definition) is 1. The molecule has 2 heteroatoms. The van der Waals surface area contributed by atoms with Gasteiger partial charge in [-0.1, -0.05) is 19.3 Å². The van der Waals surface area contributed by atoms with Gasteiger partial charge in [-0.25, -0.2) is 0 Å². The van der Waals surface area contributed by atoms with Crippen molar-refractivity contribution in [3.8, 4) is 12.3 Å². The van der Waals surface area contributed by atoms with E-state index in [1.807, 2.05) is 0 Å². The minimum atomic E-state index is 0.625. The van der Waals surface area contributed by atoms with Gasteiger partial charge in [0.15, 0.2) is 0 Å². The van der Waals surface area contributed by atoms with Crippen LogP contribution in [0.4, 0.5) is 0 Å². The quantitative estimate of drug-likeness (QED) is 0.525. The first-order valence-corrected chi connectivity index (χ1v) is 5.66. The maximum absolute atomic E-state index is 5.19. The van der Waals surface area contributed by atoms with Crippen LogP contribution in [0, 0.1) is 18.3 Å². The molecular formula is C12H22N2. The summed E-state index contributed by atoms with van der Waals surface area (Å²) in [5.74, 6) is 3.53. The summed E-state index contributed by atoms with van der Waals surface area (Å²) in [7, 11) is 0. The van der Waals surface area contributed by atoms with Crippen LogP contribution in [-0.4, -0.2) is 37.1 Å². The molecule has 0 saturated carbocycles. The highest BCUT2D eigenvalue weighted by Crippen LogP contribution is 2.20. The maximum Gasteiger partial charge on any atom is 0.0574 e. The fourth-order valence-electron chi connectivity index (χ4n) is 2.08. The van der Waals surface area contributed by atoms with E-state index in [0.29, 0.717) is 12.6 Å². The summed E-state index contributed by atoms with van der Waals surface area (Å²) in [6, 6.07) is 0.625. The Morgan fingerprint density at radius 2 is 2.43 bits per heavy atom. The van der Waals surface area contributed by atoms with Crippen molar-refractivity contribution in [1.82, 2.24) is 10.2 Å². The zero-order chi connectivity index (χ0) is 10.4. The van der Waals surface area contributed by atoms with Gasteiger partial charge in [0, 0.05) is 19.1 Å². The largest absolute Gasteiger partial charge is 0.305 e. The van der Waals surface area contributed by atoms with Gasteiger partial charge in [-0.3, -0.25) is 4.90 Å². The van der Waals surface area contributed by atoms with Crippen molar-refractivity contribution in [2.24, 2.45) is 5.92 Å². The molecule has 2 nitrogen and oxygen atoms in total. The number of likely N-dealkylation sites (tertiary alicyclic amines) is 1. The highest BCUT2D eigenvalue weighted by atomic mass is 15.2. The fraction of sp³-hybridized carbons (Fsp3) is 0.833. The van der Waals surface area contributed by atoms with E-state index in [-0.39, 0.29) is 0 Å². The molecule has 0 spiro atoms. The smallest absolute Gasteiger partial charge is 0.0574 e. The first-order chi connectivity index (χ1) is 6.77. The zero-order valence-corrected chi connectivity index (χ0v) is 9.42. The van der Waals surface area contributed by atoms with Crippen LogP contribution in [0.3, 0.4) is 0 Å². The Hall–Kier alpha value is -0.520. The van der Waals surface area contributed by atoms with Crippen LogP contribution in [-0.2, 0) is 0 Å². The Morgan fingerprint density at radius 3 is 3.00 bits per heavy atom. The second-order valence-corrected chi connectivity index (χ2v) is 4.24. The molecule has 1 N–H and O–H groups in total. The van der Waals surface area contributed by atoms with Gasteiger partial charge in [-0.15, -0.1) is 6.42 Å². The molecule has 1 rings (SSSR count). The second kappa shape index (κ2) is 6.06. The lowest BCUT2D eigenvalue weighted by molar-refractivity contribution is 0.244. The fourth-order valence-corrected chi connectivity index (χ4v) is 2.08. The molecule has 0 amide bonds. The number of terminal acetylenes is 1. The zero-order valence-electron chi connectivity index (χ0n) is 9.42. The van der Waals surface area contributed by atoms with Gasteiger partial charge in [0.25, 0.3) is 0 Å². The third-order valence-corrected chi connectivity index (χ3v) is 3.18. The average molecular weight is 194 g/mol. The summed E-state index contributed by atoms with van der Waals surface area (Å²) in [5.41, 5.74) is 0. The van der Waals surface area contributed by atoms with E-state index in [1.165, 1.54) is 25.9 Å². The Labute approximate surface area is 88.1 Å². The van der Waals surface area contributed by atoms with E-state index in [1.54, 1.807) is 0 Å². The molecule has 1 aliphatic rings. The van der Waals surface area contributed by atoms with E-state index < -0.39 is 0 Å². The summed E-state index contributed by atoms with van der Waals surface area (Å²) < 4.78 is 0. The monoisotopic (exact) mass is 194 g/mol. The normalized spacial score (nSPS) is 24.8. The lowest BCUT2D eigenvalue weighted by Gasteiger charge is -2.24. The first-order valence-electron chi connectivity index (χ1n) is 5.66. The number of hydrogen-bond acceptors (Lipinski definition) is 2. The topological polar surface area (TPSA) is 15.3 Å². The minimum Gasteiger partial charge on any atom is -0.305 e. The van der Waals surface area contributed by atoms with Crippen LogP contribution in [0.5, 0.6) is 0 Å². The summed E-state index contributed by atoms with van der Waals surface area (Å²) >= 11 is 0. The van der Waals surface area contributed by atoms with Gasteiger partial charge in [0.05, 0.1) is 6.54 Å². The number of nitrogens with zero attached hydrogens (tertiary/aromatic N) is 1. The van der Waals surface area contributed by atoms with Crippen LogP contribution in [0.25, 0.3) is 0 Å². The third kappa shape index (κ3) is 3.32. The third-order valence-electron chi connectivity index (χ3n) is 3.18. The molecule has 2 unspecified atom stereocenters. The maximum atomic E-state index is 5.19. The summed E-state index contributed by atoms with van der Waals surface area (Å²) in [6.07, 6.45) is 7.88. The van der Waals surface area contributed by atoms with E-state index in [9.17, 15) is 0 Å². The average Bonchev–Trinajstić information content (AvgIpc) is 2.66. The van der Waals surface area contributed by atoms with Crippen LogP contribution < -0.4 is 5.32 Å². The highest BCUT2D eigenvalue weighted by Gasteiger charge is 2.24. The lowest BCUT2D eigenvalue weighted by Crippen LogP contribution is -2.39. The molecule has 1 fully saturated rings. The van der Waals surface area contributed by atoms with Crippen molar-refractivity contribution in [3.05, 3.63) is 0 Å². The Bertz CT molecular complexity index is 195. The second-order valence-electron chi connectivity index (χ2n) is 4.24. The van der Waals surface area contributed by atoms with E-state index in [4.69, 9.17) is 6.42 Å². The standard InChI is InChI=1S/C12H22N2/c1-4-7-13-9-11(3)14-8-6-12(5-2)10-14/h1,11-13H,5-10H2,2-3H3. The van der Waals surface area contributed by atoms with Crippen molar-refractivity contribution in [3.63, 3.8) is 0 Å². The van der Waals surface area contributed by atoms with Gasteiger partial charge in [0.2, 0.25) is 0 Å². The molecule has 0 aromatic carbocycles. The molecule has 0 aromatic rings. The van der Waals surface area contributed by atoms with E-state index >= 15 is 0 Å². The van der Waals surface area contributed by atoms with Crippen molar-refractivity contribution in [2.45, 2.75) is 32.7 Å². The van der Waals surface area contributed by atoms with Crippen LogP contribution >= 0.6 is 0 Å². The van der Waals surface area contributed by atoms with Crippen LogP contribution in [0.1, 0.15) is 26.7 Å². The van der Waals surface area contributed by atoms with Gasteiger partial charge < -0.3 is 5.32 Å². The molecule has 1 heterocycles. The van der Waals surface area contributed by atoms with Crippen LogP contribution in [0.15, 0.2) is 0 Å². The lowest BCUT2D eigenvalue weighted by atomic mass is 10.1. The Kier molecular flexibility index (Phi) is 5.00. The Morgan fingerprint density at radius 1 is 1.64 bits per heavy atom. The molecule has 0 radical (unpaired) electrons. The SMILES string of the molecule is C#CCNCC(C)N1CCC(CC)C1. The molecule has 80 valence electrons. The van der Waals surface area contributed by atoms with Gasteiger partial charge in [-0.2, -0.15) is 0 Å². The van der Waals surface area contributed by atoms with E-state index in [0.717, 1.165) is 12.5 Å². The van der Waals surface area contributed by atoms with Gasteiger partial charge in [-0.05, 0) is 25.8 Å². The number of nitrogens with one attached hydrogen (secondary N) is 1. The summed E-state index contributed by atoms with van der Waals surface area (Å²) in [5, 5.41) is 3.27. The number of rotatable bonds is 5. The van der Waals surface area contributed by atoms with Crippen molar-refractivity contribution >= 4 is 0 Å². The molecule has 1 aliphatic heterocycles. The molecular weight excluding hydrogens is 172 g/mol. The van der Waals surface area contributed by atoms with E-state index in [2.05, 4.69) is 30.0 Å². The molecule has 0 aliphatic carbocycles. The predicted octanol–water partition coefficient (Wildman–Crippen LogP) is 1.33. The van der Waals surface area contributed by atoms with Gasteiger partial charge >= 0.3 is 0 Å². The molecule has 2 atom stereocenters. The van der Waals surface area contributed by atoms with Gasteiger partial charge in [0.1, 0.15) is 0 Å². The van der Waals surface area contributed by atoms with Crippen molar-refractivity contribution in [1.29, 1.82) is 0 Å². The predicted molar refractivity (Wildman–Crippen MR) is 61.1 cm³/mol. The Balaban J connectivity index is 2.18.